The lowest BCUT2D eigenvalue weighted by molar-refractivity contribution is -0.140. The number of nitrogens with zero attached hydrogens (tertiary/aromatic N) is 6. The van der Waals surface area contributed by atoms with Crippen molar-refractivity contribution in [1.29, 1.82) is 0 Å². The second-order valence-electron chi connectivity index (χ2n) is 7.73. The number of hydrogen-bond donors (Lipinski definition) is 1. The van der Waals surface area contributed by atoms with E-state index in [1.54, 1.807) is 11.6 Å². The molecule has 0 aliphatic heterocycles. The Balaban J connectivity index is 1.63. The summed E-state index contributed by atoms with van der Waals surface area (Å²) in [6, 6.07) is 1.24. The Morgan fingerprint density at radius 1 is 1.03 bits per heavy atom. The minimum atomic E-state index is -4.59. The van der Waals surface area contributed by atoms with Crippen molar-refractivity contribution >= 4 is 33.1 Å². The number of aromatic nitrogens is 6. The van der Waals surface area contributed by atoms with Gasteiger partial charge in [0.2, 0.25) is 0 Å². The monoisotopic (exact) mass is 465 g/mol. The zero-order chi connectivity index (χ0) is 23.5. The van der Waals surface area contributed by atoms with E-state index in [9.17, 15) is 18.0 Å². The molecule has 0 unspecified atom stereocenters. The quantitative estimate of drug-likeness (QED) is 0.492. The molecule has 4 heterocycles. The molecule has 0 atom stereocenters. The second kappa shape index (κ2) is 7.47. The Kier molecular flexibility index (Phi) is 5.15. The zero-order valence-electron chi connectivity index (χ0n) is 18.4. The topological polar surface area (TPSA) is 82.6 Å². The molecule has 0 aliphatic carbocycles. The van der Waals surface area contributed by atoms with Crippen LogP contribution in [0.2, 0.25) is 0 Å². The zero-order valence-corrected chi connectivity index (χ0v) is 19.2. The van der Waals surface area contributed by atoms with Gasteiger partial charge in [-0.25, -0.2) is 0 Å². The summed E-state index contributed by atoms with van der Waals surface area (Å²) in [5.74, 6) is -0.487. The molecule has 0 bridgehead atoms. The van der Waals surface area contributed by atoms with Gasteiger partial charge in [0.25, 0.3) is 5.91 Å². The molecule has 0 radical (unpaired) electrons. The summed E-state index contributed by atoms with van der Waals surface area (Å²) in [4.78, 5) is 13.3. The van der Waals surface area contributed by atoms with Gasteiger partial charge in [-0.2, -0.15) is 28.5 Å². The van der Waals surface area contributed by atoms with Gasteiger partial charge in [0, 0.05) is 30.7 Å². The van der Waals surface area contributed by atoms with Crippen molar-refractivity contribution in [2.45, 2.75) is 40.4 Å². The summed E-state index contributed by atoms with van der Waals surface area (Å²) in [6.07, 6.45) is -4.59. The van der Waals surface area contributed by atoms with E-state index < -0.39 is 17.8 Å². The molecule has 1 N–H and O–H groups in total. The van der Waals surface area contributed by atoms with Crippen LogP contribution in [0.1, 0.15) is 43.7 Å². The number of aryl methyl sites for hydroxylation is 4. The number of halogens is 3. The number of carbonyl (C=O) groups is 1. The third-order valence-electron chi connectivity index (χ3n) is 5.59. The van der Waals surface area contributed by atoms with Crippen molar-refractivity contribution in [3.05, 3.63) is 45.0 Å². The van der Waals surface area contributed by atoms with E-state index in [2.05, 4.69) is 20.6 Å². The number of carbonyl (C=O) groups excluding carboxylic acids is 1. The van der Waals surface area contributed by atoms with E-state index in [1.807, 2.05) is 32.5 Å². The molecule has 8 nitrogen and oxygen atoms in total. The fourth-order valence-electron chi connectivity index (χ4n) is 3.76. The van der Waals surface area contributed by atoms with E-state index in [0.29, 0.717) is 17.9 Å². The first-order valence-electron chi connectivity index (χ1n) is 9.76. The van der Waals surface area contributed by atoms with Gasteiger partial charge in [0.15, 0.2) is 5.69 Å². The van der Waals surface area contributed by atoms with E-state index in [1.165, 1.54) is 13.1 Å². The van der Waals surface area contributed by atoms with Gasteiger partial charge >= 0.3 is 6.18 Å². The van der Waals surface area contributed by atoms with Gasteiger partial charge in [-0.1, -0.05) is 0 Å². The highest BCUT2D eigenvalue weighted by atomic mass is 32.1. The van der Waals surface area contributed by atoms with Gasteiger partial charge in [-0.3, -0.25) is 18.8 Å². The van der Waals surface area contributed by atoms with Crippen LogP contribution in [0.25, 0.3) is 10.2 Å². The van der Waals surface area contributed by atoms with Crippen LogP contribution in [0.5, 0.6) is 0 Å². The van der Waals surface area contributed by atoms with Gasteiger partial charge in [-0.15, -0.1) is 11.3 Å². The molecule has 4 rings (SSSR count). The molecule has 12 heteroatoms. The van der Waals surface area contributed by atoms with E-state index in [0.717, 1.165) is 38.7 Å². The SMILES string of the molecule is Cc1nn(C)c(C)c1Cn1nc(C)c(NC(=O)c2cc3c(C(F)(F)F)nn(C)c3s2)c1C. The van der Waals surface area contributed by atoms with Crippen LogP contribution in [0.15, 0.2) is 6.07 Å². The lowest BCUT2D eigenvalue weighted by Crippen LogP contribution is -2.12. The number of amides is 1. The fourth-order valence-corrected chi connectivity index (χ4v) is 4.73. The fraction of sp³-hybridized carbons (Fsp3) is 0.400. The van der Waals surface area contributed by atoms with Crippen LogP contribution in [-0.4, -0.2) is 35.2 Å². The summed E-state index contributed by atoms with van der Waals surface area (Å²) in [5.41, 5.74) is 3.90. The highest BCUT2D eigenvalue weighted by Crippen LogP contribution is 2.37. The van der Waals surface area contributed by atoms with Crippen LogP contribution >= 0.6 is 11.3 Å². The van der Waals surface area contributed by atoms with E-state index in [4.69, 9.17) is 0 Å². The largest absolute Gasteiger partial charge is 0.435 e. The molecule has 4 aromatic heterocycles. The van der Waals surface area contributed by atoms with Crippen molar-refractivity contribution in [2.24, 2.45) is 14.1 Å². The maximum atomic E-state index is 13.2. The number of fused-ring (bicyclic) bond motifs is 1. The molecule has 4 aromatic rings. The Labute approximate surface area is 185 Å². The summed E-state index contributed by atoms with van der Waals surface area (Å²) in [7, 11) is 3.31. The first-order valence-corrected chi connectivity index (χ1v) is 10.6. The average molecular weight is 466 g/mol. The lowest BCUT2D eigenvalue weighted by atomic mass is 10.2. The van der Waals surface area contributed by atoms with Gasteiger partial charge in [0.05, 0.1) is 34.2 Å². The molecule has 0 aliphatic rings. The number of anilines is 1. The van der Waals surface area contributed by atoms with Crippen molar-refractivity contribution in [2.75, 3.05) is 5.32 Å². The molecule has 0 aromatic carbocycles. The molecular weight excluding hydrogens is 443 g/mol. The Morgan fingerprint density at radius 2 is 1.72 bits per heavy atom. The Bertz CT molecular complexity index is 1360. The van der Waals surface area contributed by atoms with Crippen molar-refractivity contribution in [1.82, 2.24) is 29.3 Å². The predicted octanol–water partition coefficient (Wildman–Crippen LogP) is 4.12. The number of nitrogens with one attached hydrogen (secondary N) is 1. The first kappa shape index (κ1) is 22.1. The maximum absolute atomic E-state index is 13.2. The Morgan fingerprint density at radius 3 is 2.31 bits per heavy atom. The summed E-state index contributed by atoms with van der Waals surface area (Å²) < 4.78 is 44.5. The molecule has 0 saturated heterocycles. The average Bonchev–Trinajstić information content (AvgIpc) is 3.39. The number of rotatable bonds is 4. The smallest absolute Gasteiger partial charge is 0.318 e. The van der Waals surface area contributed by atoms with E-state index in [-0.39, 0.29) is 15.1 Å². The lowest BCUT2D eigenvalue weighted by Gasteiger charge is -2.07. The van der Waals surface area contributed by atoms with Crippen molar-refractivity contribution < 1.29 is 18.0 Å². The Hall–Kier alpha value is -3.15. The standard InChI is InChI=1S/C20H22F3N7OS/c1-9-14(11(3)28(5)25-9)8-30-12(4)16(10(2)26-30)24-18(31)15-7-13-17(20(21,22)23)27-29(6)19(13)32-15/h7H,8H2,1-6H3,(H,24,31). The second-order valence-corrected chi connectivity index (χ2v) is 8.76. The first-order chi connectivity index (χ1) is 14.9. The molecule has 0 spiro atoms. The van der Waals surface area contributed by atoms with Crippen molar-refractivity contribution in [3.63, 3.8) is 0 Å². The van der Waals surface area contributed by atoms with Crippen LogP contribution in [-0.2, 0) is 26.8 Å². The summed E-state index contributed by atoms with van der Waals surface area (Å²) in [5, 5.41) is 15.2. The van der Waals surface area contributed by atoms with Crippen molar-refractivity contribution in [3.8, 4) is 0 Å². The van der Waals surface area contributed by atoms with Crippen LogP contribution in [0.4, 0.5) is 18.9 Å². The van der Waals surface area contributed by atoms with Gasteiger partial charge in [-0.05, 0) is 33.8 Å². The minimum Gasteiger partial charge on any atom is -0.318 e. The number of thiophene rings is 1. The minimum absolute atomic E-state index is 0.0817. The van der Waals surface area contributed by atoms with Crippen LogP contribution in [0, 0.1) is 27.7 Å². The molecular formula is C20H22F3N7OS. The van der Waals surface area contributed by atoms with Gasteiger partial charge < -0.3 is 5.32 Å². The number of hydrogen-bond acceptors (Lipinski definition) is 5. The highest BCUT2D eigenvalue weighted by Gasteiger charge is 2.37. The van der Waals surface area contributed by atoms with Crippen LogP contribution < -0.4 is 5.32 Å². The third-order valence-corrected chi connectivity index (χ3v) is 6.79. The molecule has 32 heavy (non-hydrogen) atoms. The molecule has 1 amide bonds. The van der Waals surface area contributed by atoms with Crippen LogP contribution in [0.3, 0.4) is 0 Å². The molecule has 0 saturated carbocycles. The molecule has 170 valence electrons. The van der Waals surface area contributed by atoms with Gasteiger partial charge in [0.1, 0.15) is 4.83 Å². The summed E-state index contributed by atoms with van der Waals surface area (Å²) in [6.45, 7) is 8.03. The maximum Gasteiger partial charge on any atom is 0.435 e. The normalized spacial score (nSPS) is 12.2. The number of alkyl halides is 3. The molecule has 0 fully saturated rings. The third kappa shape index (κ3) is 3.57. The summed E-state index contributed by atoms with van der Waals surface area (Å²) >= 11 is 0.966. The predicted molar refractivity (Wildman–Crippen MR) is 115 cm³/mol. The van der Waals surface area contributed by atoms with E-state index >= 15 is 0 Å². The highest BCUT2D eigenvalue weighted by molar-refractivity contribution is 7.20.